The van der Waals surface area contributed by atoms with Crippen molar-refractivity contribution >= 4 is 11.7 Å². The second kappa shape index (κ2) is 10.5. The number of piperazine rings is 1. The van der Waals surface area contributed by atoms with Gasteiger partial charge in [0, 0.05) is 45.0 Å². The molecule has 31 heavy (non-hydrogen) atoms. The first kappa shape index (κ1) is 22.9. The van der Waals surface area contributed by atoms with E-state index < -0.39 is 11.7 Å². The third kappa shape index (κ3) is 6.89. The molecule has 0 aromatic heterocycles. The van der Waals surface area contributed by atoms with E-state index in [0.717, 1.165) is 25.6 Å². The number of rotatable bonds is 7. The van der Waals surface area contributed by atoms with E-state index in [1.54, 1.807) is 11.0 Å². The molecule has 0 atom stereocenters. The summed E-state index contributed by atoms with van der Waals surface area (Å²) in [6, 6.07) is 15.5. The van der Waals surface area contributed by atoms with Gasteiger partial charge in [0.25, 0.3) is 0 Å². The average molecular weight is 435 g/mol. The molecule has 0 unspecified atom stereocenters. The molecule has 1 aliphatic rings. The van der Waals surface area contributed by atoms with Crippen molar-refractivity contribution in [2.75, 3.05) is 51.2 Å². The third-order valence-electron chi connectivity index (χ3n) is 5.39. The lowest BCUT2D eigenvalue weighted by molar-refractivity contribution is -0.137. The standard InChI is InChI=1S/C23H29F3N4O/c1-28(18-19-7-3-2-4-8-19)12-6-11-27-22(31)30-15-13-29(14-16-30)21-10-5-9-20(17-21)23(24,25)26/h2-5,7-10,17H,6,11-16,18H2,1H3,(H,27,31). The molecular weight excluding hydrogens is 405 g/mol. The van der Waals surface area contributed by atoms with Gasteiger partial charge in [0.15, 0.2) is 0 Å². The summed E-state index contributed by atoms with van der Waals surface area (Å²) in [5, 5.41) is 2.95. The molecule has 3 rings (SSSR count). The fourth-order valence-corrected chi connectivity index (χ4v) is 3.68. The molecular formula is C23H29F3N4O. The van der Waals surface area contributed by atoms with Crippen LogP contribution in [0, 0.1) is 0 Å². The van der Waals surface area contributed by atoms with Crippen molar-refractivity contribution < 1.29 is 18.0 Å². The predicted octanol–water partition coefficient (Wildman–Crippen LogP) is 4.06. The first-order valence-electron chi connectivity index (χ1n) is 10.5. The lowest BCUT2D eigenvalue weighted by Crippen LogP contribution is -2.52. The van der Waals surface area contributed by atoms with E-state index in [4.69, 9.17) is 0 Å². The molecule has 0 saturated carbocycles. The Bertz CT molecular complexity index is 836. The number of carbonyl (C=O) groups is 1. The topological polar surface area (TPSA) is 38.8 Å². The van der Waals surface area contributed by atoms with Crippen molar-refractivity contribution in [3.63, 3.8) is 0 Å². The molecule has 1 N–H and O–H groups in total. The summed E-state index contributed by atoms with van der Waals surface area (Å²) in [7, 11) is 2.06. The summed E-state index contributed by atoms with van der Waals surface area (Å²) < 4.78 is 38.8. The van der Waals surface area contributed by atoms with Crippen LogP contribution < -0.4 is 10.2 Å². The molecule has 1 fully saturated rings. The first-order valence-corrected chi connectivity index (χ1v) is 10.5. The second-order valence-electron chi connectivity index (χ2n) is 7.83. The Hall–Kier alpha value is -2.74. The Kier molecular flexibility index (Phi) is 7.79. The van der Waals surface area contributed by atoms with E-state index in [2.05, 4.69) is 29.4 Å². The van der Waals surface area contributed by atoms with Gasteiger partial charge in [0.1, 0.15) is 0 Å². The minimum Gasteiger partial charge on any atom is -0.368 e. The van der Waals surface area contributed by atoms with Crippen LogP contribution in [0.3, 0.4) is 0 Å². The summed E-state index contributed by atoms with van der Waals surface area (Å²) in [5.74, 6) is 0. The van der Waals surface area contributed by atoms with Crippen molar-refractivity contribution in [2.45, 2.75) is 19.1 Å². The quantitative estimate of drug-likeness (QED) is 0.668. The Morgan fingerprint density at radius 1 is 1.03 bits per heavy atom. The average Bonchev–Trinajstić information content (AvgIpc) is 2.77. The molecule has 1 heterocycles. The van der Waals surface area contributed by atoms with Gasteiger partial charge >= 0.3 is 12.2 Å². The van der Waals surface area contributed by atoms with E-state index in [-0.39, 0.29) is 6.03 Å². The highest BCUT2D eigenvalue weighted by Crippen LogP contribution is 2.31. The maximum absolute atomic E-state index is 12.9. The third-order valence-corrected chi connectivity index (χ3v) is 5.39. The fourth-order valence-electron chi connectivity index (χ4n) is 3.68. The van der Waals surface area contributed by atoms with Gasteiger partial charge < -0.3 is 20.0 Å². The second-order valence-corrected chi connectivity index (χ2v) is 7.83. The number of nitrogens with zero attached hydrogens (tertiary/aromatic N) is 3. The van der Waals surface area contributed by atoms with Crippen LogP contribution in [-0.2, 0) is 12.7 Å². The maximum Gasteiger partial charge on any atom is 0.416 e. The van der Waals surface area contributed by atoms with Gasteiger partial charge in [-0.3, -0.25) is 0 Å². The Labute approximate surface area is 181 Å². The summed E-state index contributed by atoms with van der Waals surface area (Å²) in [6.07, 6.45) is -3.51. The number of benzene rings is 2. The van der Waals surface area contributed by atoms with Gasteiger partial charge in [-0.1, -0.05) is 36.4 Å². The summed E-state index contributed by atoms with van der Waals surface area (Å²) in [5.41, 5.74) is 1.14. The largest absolute Gasteiger partial charge is 0.416 e. The Balaban J connectivity index is 1.37. The first-order chi connectivity index (χ1) is 14.8. The van der Waals surface area contributed by atoms with Crippen molar-refractivity contribution in [3.8, 4) is 0 Å². The molecule has 2 aromatic carbocycles. The number of anilines is 1. The Morgan fingerprint density at radius 2 is 1.74 bits per heavy atom. The normalized spacial score (nSPS) is 14.7. The highest BCUT2D eigenvalue weighted by Gasteiger charge is 2.31. The van der Waals surface area contributed by atoms with Crippen molar-refractivity contribution in [2.24, 2.45) is 0 Å². The van der Waals surface area contributed by atoms with Crippen LogP contribution in [0.2, 0.25) is 0 Å². The van der Waals surface area contributed by atoms with E-state index in [0.29, 0.717) is 38.4 Å². The van der Waals surface area contributed by atoms with Gasteiger partial charge in [-0.15, -0.1) is 0 Å². The van der Waals surface area contributed by atoms with E-state index in [1.807, 2.05) is 23.1 Å². The van der Waals surface area contributed by atoms with E-state index in [9.17, 15) is 18.0 Å². The lowest BCUT2D eigenvalue weighted by atomic mass is 10.1. The van der Waals surface area contributed by atoms with Crippen LogP contribution in [0.5, 0.6) is 0 Å². The molecule has 5 nitrogen and oxygen atoms in total. The minimum atomic E-state index is -4.35. The molecule has 8 heteroatoms. The summed E-state index contributed by atoms with van der Waals surface area (Å²) >= 11 is 0. The SMILES string of the molecule is CN(CCCNC(=O)N1CCN(c2cccc(C(F)(F)F)c2)CC1)Cc1ccccc1. The monoisotopic (exact) mass is 434 g/mol. The number of hydrogen-bond donors (Lipinski definition) is 1. The number of urea groups is 1. The highest BCUT2D eigenvalue weighted by atomic mass is 19.4. The van der Waals surface area contributed by atoms with E-state index >= 15 is 0 Å². The van der Waals surface area contributed by atoms with Crippen LogP contribution >= 0.6 is 0 Å². The van der Waals surface area contributed by atoms with Crippen LogP contribution in [0.25, 0.3) is 0 Å². The minimum absolute atomic E-state index is 0.116. The molecule has 2 amide bonds. The molecule has 0 spiro atoms. The maximum atomic E-state index is 12.9. The number of carbonyl (C=O) groups excluding carboxylic acids is 1. The van der Waals surface area contributed by atoms with Gasteiger partial charge in [0.2, 0.25) is 0 Å². The van der Waals surface area contributed by atoms with Gasteiger partial charge in [-0.05, 0) is 43.8 Å². The van der Waals surface area contributed by atoms with E-state index in [1.165, 1.54) is 17.7 Å². The van der Waals surface area contributed by atoms with Gasteiger partial charge in [-0.2, -0.15) is 13.2 Å². The number of halogens is 3. The summed E-state index contributed by atoms with van der Waals surface area (Å²) in [6.45, 7) is 4.31. The molecule has 168 valence electrons. The highest BCUT2D eigenvalue weighted by molar-refractivity contribution is 5.74. The number of nitrogens with one attached hydrogen (secondary N) is 1. The Morgan fingerprint density at radius 3 is 2.42 bits per heavy atom. The zero-order chi connectivity index (χ0) is 22.3. The zero-order valence-corrected chi connectivity index (χ0v) is 17.7. The zero-order valence-electron chi connectivity index (χ0n) is 17.7. The smallest absolute Gasteiger partial charge is 0.368 e. The fraction of sp³-hybridized carbons (Fsp3) is 0.435. The number of amides is 2. The van der Waals surface area contributed by atoms with Crippen molar-refractivity contribution in [1.82, 2.24) is 15.1 Å². The molecule has 0 bridgehead atoms. The van der Waals surface area contributed by atoms with Crippen LogP contribution in [-0.4, -0.2) is 62.1 Å². The molecule has 1 saturated heterocycles. The van der Waals surface area contributed by atoms with Gasteiger partial charge in [-0.25, -0.2) is 4.79 Å². The van der Waals surface area contributed by atoms with Crippen LogP contribution in [0.4, 0.5) is 23.7 Å². The van der Waals surface area contributed by atoms with Gasteiger partial charge in [0.05, 0.1) is 5.56 Å². The van der Waals surface area contributed by atoms with Crippen molar-refractivity contribution in [1.29, 1.82) is 0 Å². The number of alkyl halides is 3. The van der Waals surface area contributed by atoms with Crippen LogP contribution in [0.1, 0.15) is 17.5 Å². The lowest BCUT2D eigenvalue weighted by Gasteiger charge is -2.36. The molecule has 2 aromatic rings. The van der Waals surface area contributed by atoms with Crippen molar-refractivity contribution in [3.05, 3.63) is 65.7 Å². The molecule has 0 radical (unpaired) electrons. The molecule has 1 aliphatic heterocycles. The molecule has 0 aliphatic carbocycles. The van der Waals surface area contributed by atoms with Crippen LogP contribution in [0.15, 0.2) is 54.6 Å². The number of hydrogen-bond acceptors (Lipinski definition) is 3. The predicted molar refractivity (Wildman–Crippen MR) is 116 cm³/mol. The summed E-state index contributed by atoms with van der Waals surface area (Å²) in [4.78, 5) is 18.2.